The fourth-order valence-corrected chi connectivity index (χ4v) is 3.20. The number of nitrogens with one attached hydrogen (secondary N) is 1. The molecule has 0 aliphatic carbocycles. The molecule has 0 radical (unpaired) electrons. The molecule has 1 N–H and O–H groups in total. The van der Waals surface area contributed by atoms with E-state index in [0.29, 0.717) is 5.69 Å². The molecule has 21 heavy (non-hydrogen) atoms. The number of carbonyl (C=O) groups excluding carboxylic acids is 2. The molecule has 2 aromatic heterocycles. The molecule has 0 aliphatic rings. The van der Waals surface area contributed by atoms with E-state index in [0.717, 1.165) is 9.88 Å². The van der Waals surface area contributed by atoms with Crippen molar-refractivity contribution in [2.45, 2.75) is 26.4 Å². The van der Waals surface area contributed by atoms with Crippen LogP contribution in [-0.2, 0) is 9.53 Å². The van der Waals surface area contributed by atoms with Crippen LogP contribution in [0.4, 0.5) is 0 Å². The van der Waals surface area contributed by atoms with Crippen molar-refractivity contribution >= 4 is 34.6 Å². The molecule has 2 rings (SSSR count). The second-order valence-corrected chi connectivity index (χ2v) is 6.37. The number of hydrogen-bond donors (Lipinski definition) is 1. The maximum atomic E-state index is 11.9. The van der Waals surface area contributed by atoms with E-state index in [1.165, 1.54) is 11.3 Å². The summed E-state index contributed by atoms with van der Waals surface area (Å²) < 4.78 is 4.99. The van der Waals surface area contributed by atoms with Gasteiger partial charge in [-0.1, -0.05) is 6.07 Å². The van der Waals surface area contributed by atoms with Crippen LogP contribution >= 0.6 is 22.7 Å². The highest BCUT2D eigenvalue weighted by Crippen LogP contribution is 2.27. The molecule has 5 nitrogen and oxygen atoms in total. The largest absolute Gasteiger partial charge is 0.463 e. The average Bonchev–Trinajstić information content (AvgIpc) is 3.08. The summed E-state index contributed by atoms with van der Waals surface area (Å²) in [5, 5.41) is 7.19. The Hall–Kier alpha value is -1.73. The summed E-state index contributed by atoms with van der Waals surface area (Å²) in [5.41, 5.74) is 0.376. The molecule has 0 saturated heterocycles. The number of aromatic nitrogens is 1. The highest BCUT2D eigenvalue weighted by Gasteiger charge is 2.13. The van der Waals surface area contributed by atoms with E-state index in [9.17, 15) is 9.59 Å². The summed E-state index contributed by atoms with van der Waals surface area (Å²) in [7, 11) is 0. The van der Waals surface area contributed by atoms with Crippen molar-refractivity contribution in [1.82, 2.24) is 10.3 Å². The number of rotatable bonds is 6. The summed E-state index contributed by atoms with van der Waals surface area (Å²) in [6.45, 7) is 3.83. The quantitative estimate of drug-likeness (QED) is 0.830. The van der Waals surface area contributed by atoms with E-state index in [2.05, 4.69) is 10.3 Å². The molecule has 0 aromatic carbocycles. The lowest BCUT2D eigenvalue weighted by molar-refractivity contribution is -0.147. The molecule has 112 valence electrons. The number of ether oxygens (including phenoxy) is 1. The molecule has 7 heteroatoms. The number of nitrogens with zero attached hydrogens (tertiary/aromatic N) is 1. The number of carbonyl (C=O) groups is 2. The fourth-order valence-electron chi connectivity index (χ4n) is 1.58. The number of thiazole rings is 1. The first kappa shape index (κ1) is 15.7. The third-order valence-electron chi connectivity index (χ3n) is 2.45. The van der Waals surface area contributed by atoms with Crippen LogP contribution in [0.1, 0.15) is 30.8 Å². The lowest BCUT2D eigenvalue weighted by Gasteiger charge is -2.07. The monoisotopic (exact) mass is 324 g/mol. The Bertz CT molecular complexity index is 606. The Balaban J connectivity index is 1.83. The van der Waals surface area contributed by atoms with Crippen molar-refractivity contribution in [3.05, 3.63) is 28.6 Å². The standard InChI is InChI=1S/C14H16N2O3S2/c1-9(2)19-12(17)5-6-15-13(18)10-8-21-14(16-10)11-4-3-7-20-11/h3-4,7-9H,5-6H2,1-2H3,(H,15,18). The Morgan fingerprint density at radius 3 is 2.86 bits per heavy atom. The van der Waals surface area contributed by atoms with Crippen LogP contribution in [0.2, 0.25) is 0 Å². The molecule has 1 amide bonds. The predicted octanol–water partition coefficient (Wildman–Crippen LogP) is 2.94. The summed E-state index contributed by atoms with van der Waals surface area (Å²) in [6.07, 6.45) is 0.0198. The van der Waals surface area contributed by atoms with E-state index in [4.69, 9.17) is 4.74 Å². The maximum Gasteiger partial charge on any atom is 0.307 e. The van der Waals surface area contributed by atoms with Gasteiger partial charge in [0.25, 0.3) is 5.91 Å². The minimum atomic E-state index is -0.317. The second-order valence-electron chi connectivity index (χ2n) is 4.56. The molecule has 0 saturated carbocycles. The fraction of sp³-hybridized carbons (Fsp3) is 0.357. The molecule has 0 unspecified atom stereocenters. The van der Waals surface area contributed by atoms with Gasteiger partial charge in [-0.05, 0) is 25.3 Å². The van der Waals surface area contributed by atoms with E-state index >= 15 is 0 Å². The second kappa shape index (κ2) is 7.33. The molecule has 0 atom stereocenters. The van der Waals surface area contributed by atoms with Crippen molar-refractivity contribution in [3.63, 3.8) is 0 Å². The number of thiophene rings is 1. The molecular formula is C14H16N2O3S2. The highest BCUT2D eigenvalue weighted by molar-refractivity contribution is 7.20. The zero-order valence-electron chi connectivity index (χ0n) is 11.8. The number of esters is 1. The SMILES string of the molecule is CC(C)OC(=O)CCNC(=O)c1csc(-c2cccs2)n1. The van der Waals surface area contributed by atoms with Gasteiger partial charge in [0.2, 0.25) is 0 Å². The molecular weight excluding hydrogens is 308 g/mol. The van der Waals surface area contributed by atoms with Gasteiger partial charge in [0.1, 0.15) is 10.7 Å². The minimum Gasteiger partial charge on any atom is -0.463 e. The van der Waals surface area contributed by atoms with Gasteiger partial charge in [0, 0.05) is 11.9 Å². The van der Waals surface area contributed by atoms with Crippen LogP contribution in [-0.4, -0.2) is 29.5 Å². The van der Waals surface area contributed by atoms with Gasteiger partial charge in [-0.25, -0.2) is 4.98 Å². The maximum absolute atomic E-state index is 11.9. The van der Waals surface area contributed by atoms with E-state index < -0.39 is 0 Å². The van der Waals surface area contributed by atoms with Crippen molar-refractivity contribution in [2.24, 2.45) is 0 Å². The zero-order chi connectivity index (χ0) is 15.2. The topological polar surface area (TPSA) is 68.3 Å². The first-order valence-electron chi connectivity index (χ1n) is 6.53. The van der Waals surface area contributed by atoms with Crippen LogP contribution in [0.25, 0.3) is 9.88 Å². The summed E-state index contributed by atoms with van der Waals surface area (Å²) in [5.74, 6) is -0.589. The van der Waals surface area contributed by atoms with Crippen LogP contribution in [0.15, 0.2) is 22.9 Å². The predicted molar refractivity (Wildman–Crippen MR) is 83.6 cm³/mol. The Morgan fingerprint density at radius 2 is 2.19 bits per heavy atom. The lowest BCUT2D eigenvalue weighted by atomic mass is 10.4. The molecule has 2 aromatic rings. The molecule has 0 fully saturated rings. The van der Waals surface area contributed by atoms with Crippen molar-refractivity contribution in [1.29, 1.82) is 0 Å². The van der Waals surface area contributed by atoms with Gasteiger partial charge in [-0.3, -0.25) is 9.59 Å². The molecule has 0 bridgehead atoms. The summed E-state index contributed by atoms with van der Waals surface area (Å²) in [4.78, 5) is 28.6. The van der Waals surface area contributed by atoms with E-state index in [1.807, 2.05) is 17.5 Å². The summed E-state index contributed by atoms with van der Waals surface area (Å²) >= 11 is 3.01. The normalized spacial score (nSPS) is 10.6. The van der Waals surface area contributed by atoms with Gasteiger partial charge in [-0.2, -0.15) is 0 Å². The third kappa shape index (κ3) is 4.64. The lowest BCUT2D eigenvalue weighted by Crippen LogP contribution is -2.27. The first-order valence-corrected chi connectivity index (χ1v) is 8.29. The van der Waals surface area contributed by atoms with E-state index in [-0.39, 0.29) is 30.9 Å². The Morgan fingerprint density at radius 1 is 1.38 bits per heavy atom. The molecule has 2 heterocycles. The van der Waals surface area contributed by atoms with Crippen LogP contribution < -0.4 is 5.32 Å². The Labute approximate surface area is 131 Å². The highest BCUT2D eigenvalue weighted by atomic mass is 32.1. The van der Waals surface area contributed by atoms with Crippen LogP contribution in [0.3, 0.4) is 0 Å². The molecule has 0 spiro atoms. The third-order valence-corrected chi connectivity index (χ3v) is 4.33. The van der Waals surface area contributed by atoms with Gasteiger partial charge < -0.3 is 10.1 Å². The smallest absolute Gasteiger partial charge is 0.307 e. The molecule has 0 aliphatic heterocycles. The van der Waals surface area contributed by atoms with Crippen molar-refractivity contribution in [2.75, 3.05) is 6.54 Å². The van der Waals surface area contributed by atoms with E-state index in [1.54, 1.807) is 30.6 Å². The van der Waals surface area contributed by atoms with Crippen LogP contribution in [0.5, 0.6) is 0 Å². The van der Waals surface area contributed by atoms with Gasteiger partial charge in [0.15, 0.2) is 0 Å². The van der Waals surface area contributed by atoms with Crippen molar-refractivity contribution in [3.8, 4) is 9.88 Å². The average molecular weight is 324 g/mol. The number of amides is 1. The number of hydrogen-bond acceptors (Lipinski definition) is 6. The first-order chi connectivity index (χ1) is 10.1. The van der Waals surface area contributed by atoms with Gasteiger partial charge in [-0.15, -0.1) is 22.7 Å². The van der Waals surface area contributed by atoms with Crippen molar-refractivity contribution < 1.29 is 14.3 Å². The van der Waals surface area contributed by atoms with Crippen LogP contribution in [0, 0.1) is 0 Å². The minimum absolute atomic E-state index is 0.139. The zero-order valence-corrected chi connectivity index (χ0v) is 13.4. The summed E-state index contributed by atoms with van der Waals surface area (Å²) in [6, 6.07) is 3.91. The van der Waals surface area contributed by atoms with Gasteiger partial charge in [0.05, 0.1) is 17.4 Å². The Kier molecular flexibility index (Phi) is 5.46. The van der Waals surface area contributed by atoms with Gasteiger partial charge >= 0.3 is 5.97 Å².